The number of nitrogens with one attached hydrogen (secondary N) is 1. The van der Waals surface area contributed by atoms with Crippen LogP contribution in [0.3, 0.4) is 0 Å². The quantitative estimate of drug-likeness (QED) is 0.717. The molecule has 3 rings (SSSR count). The number of hydrogen-bond donors (Lipinski definition) is 2. The number of fused-ring (bicyclic) bond motifs is 1. The van der Waals surface area contributed by atoms with Crippen LogP contribution in [0.4, 0.5) is 5.69 Å². The zero-order valence-corrected chi connectivity index (χ0v) is 16.4. The highest BCUT2D eigenvalue weighted by molar-refractivity contribution is 6.35. The molecular formula is C19H19Cl2N2O4+. The maximum atomic E-state index is 12.4. The molecule has 0 unspecified atom stereocenters. The molecule has 2 aromatic rings. The van der Waals surface area contributed by atoms with Crippen molar-refractivity contribution in [3.05, 3.63) is 51.5 Å². The van der Waals surface area contributed by atoms with Crippen molar-refractivity contribution in [3.63, 3.8) is 0 Å². The van der Waals surface area contributed by atoms with E-state index < -0.39 is 0 Å². The second-order valence-electron chi connectivity index (χ2n) is 6.25. The van der Waals surface area contributed by atoms with Gasteiger partial charge in [0.15, 0.2) is 23.8 Å². The van der Waals surface area contributed by atoms with Crippen molar-refractivity contribution in [1.82, 2.24) is 0 Å². The maximum Gasteiger partial charge on any atom is 0.279 e. The minimum absolute atomic E-state index is 0.0375. The summed E-state index contributed by atoms with van der Waals surface area (Å²) in [6.45, 7) is 3.64. The summed E-state index contributed by atoms with van der Waals surface area (Å²) in [7, 11) is 0. The van der Waals surface area contributed by atoms with Crippen molar-refractivity contribution in [1.29, 1.82) is 0 Å². The highest BCUT2D eigenvalue weighted by Gasteiger charge is 2.21. The number of amides is 1. The number of quaternary nitrogens is 1. The summed E-state index contributed by atoms with van der Waals surface area (Å²) < 4.78 is 10.6. The average Bonchev–Trinajstić information content (AvgIpc) is 3.06. The van der Waals surface area contributed by atoms with E-state index in [9.17, 15) is 9.59 Å². The number of ketones is 1. The van der Waals surface area contributed by atoms with Crippen LogP contribution in [-0.4, -0.2) is 25.0 Å². The van der Waals surface area contributed by atoms with Crippen molar-refractivity contribution in [2.75, 3.05) is 18.7 Å². The zero-order valence-electron chi connectivity index (χ0n) is 14.8. The fourth-order valence-electron chi connectivity index (χ4n) is 2.82. The summed E-state index contributed by atoms with van der Waals surface area (Å²) in [5.41, 5.74) is 1.67. The van der Waals surface area contributed by atoms with Crippen LogP contribution in [0.25, 0.3) is 0 Å². The van der Waals surface area contributed by atoms with Crippen LogP contribution >= 0.6 is 23.2 Å². The molecule has 1 heterocycles. The van der Waals surface area contributed by atoms with Gasteiger partial charge in [-0.2, -0.15) is 0 Å². The predicted molar refractivity (Wildman–Crippen MR) is 103 cm³/mol. The lowest BCUT2D eigenvalue weighted by molar-refractivity contribution is -0.682. The van der Waals surface area contributed by atoms with Gasteiger partial charge in [-0.25, -0.2) is 0 Å². The van der Waals surface area contributed by atoms with Gasteiger partial charge in [0.1, 0.15) is 6.04 Å². The Morgan fingerprint density at radius 3 is 2.56 bits per heavy atom. The van der Waals surface area contributed by atoms with Gasteiger partial charge in [-0.05, 0) is 32.0 Å². The summed E-state index contributed by atoms with van der Waals surface area (Å²) in [5.74, 6) is 0.582. The topological polar surface area (TPSA) is 81.2 Å². The summed E-state index contributed by atoms with van der Waals surface area (Å²) in [5, 5.41) is 5.74. The summed E-state index contributed by atoms with van der Waals surface area (Å²) in [6, 6.07) is 8.43. The third kappa shape index (κ3) is 4.53. The molecule has 0 fully saturated rings. The number of carbonyl (C=O) groups excluding carboxylic acids is 2. The number of ether oxygens (including phenoxy) is 2. The first kappa shape index (κ1) is 19.5. The van der Waals surface area contributed by atoms with Crippen LogP contribution in [0.2, 0.25) is 10.0 Å². The molecule has 2 aromatic carbocycles. The van der Waals surface area contributed by atoms with Gasteiger partial charge in [-0.15, -0.1) is 0 Å². The molecule has 142 valence electrons. The third-order valence-electron chi connectivity index (χ3n) is 4.28. The molecule has 0 saturated carbocycles. The molecule has 3 N–H and O–H groups in total. The van der Waals surface area contributed by atoms with Gasteiger partial charge in [-0.1, -0.05) is 29.3 Å². The maximum absolute atomic E-state index is 12.4. The van der Waals surface area contributed by atoms with Crippen LogP contribution < -0.4 is 20.1 Å². The lowest BCUT2D eigenvalue weighted by atomic mass is 10.1. The molecule has 1 amide bonds. The first-order chi connectivity index (χ1) is 12.8. The van der Waals surface area contributed by atoms with Gasteiger partial charge in [0.2, 0.25) is 6.79 Å². The van der Waals surface area contributed by atoms with Crippen LogP contribution in [0.1, 0.15) is 35.8 Å². The summed E-state index contributed by atoms with van der Waals surface area (Å²) in [4.78, 5) is 24.3. The van der Waals surface area contributed by atoms with E-state index in [1.165, 1.54) is 6.92 Å². The minimum atomic E-state index is -0.242. The second-order valence-corrected chi connectivity index (χ2v) is 7.09. The number of anilines is 1. The van der Waals surface area contributed by atoms with Crippen molar-refractivity contribution in [2.45, 2.75) is 19.9 Å². The Morgan fingerprint density at radius 1 is 1.19 bits per heavy atom. The highest BCUT2D eigenvalue weighted by atomic mass is 35.5. The first-order valence-electron chi connectivity index (χ1n) is 8.38. The third-order valence-corrected chi connectivity index (χ3v) is 4.84. The fraction of sp³-hybridized carbons (Fsp3) is 0.263. The molecule has 0 aliphatic carbocycles. The van der Waals surface area contributed by atoms with Crippen LogP contribution in [0.5, 0.6) is 11.5 Å². The normalized spacial score (nSPS) is 13.3. The molecule has 6 nitrogen and oxygen atoms in total. The predicted octanol–water partition coefficient (Wildman–Crippen LogP) is 3.19. The molecule has 0 aromatic heterocycles. The minimum Gasteiger partial charge on any atom is -0.454 e. The van der Waals surface area contributed by atoms with Crippen molar-refractivity contribution in [3.8, 4) is 11.5 Å². The van der Waals surface area contributed by atoms with E-state index in [2.05, 4.69) is 5.32 Å². The molecule has 0 radical (unpaired) electrons. The Kier molecular flexibility index (Phi) is 5.89. The lowest BCUT2D eigenvalue weighted by Gasteiger charge is -2.14. The number of halogens is 2. The van der Waals surface area contributed by atoms with E-state index >= 15 is 0 Å². The van der Waals surface area contributed by atoms with Crippen molar-refractivity contribution >= 4 is 40.6 Å². The lowest BCUT2D eigenvalue weighted by Crippen LogP contribution is -2.86. The number of benzene rings is 2. The number of carbonyl (C=O) groups is 2. The molecule has 8 heteroatoms. The Balaban J connectivity index is 1.66. The fourth-order valence-corrected chi connectivity index (χ4v) is 3.40. The summed E-state index contributed by atoms with van der Waals surface area (Å²) >= 11 is 12.1. The van der Waals surface area contributed by atoms with E-state index in [-0.39, 0.29) is 31.1 Å². The Morgan fingerprint density at radius 2 is 1.89 bits per heavy atom. The molecule has 1 atom stereocenters. The Labute approximate surface area is 166 Å². The van der Waals surface area contributed by atoms with E-state index in [1.807, 2.05) is 18.3 Å². The molecule has 0 saturated heterocycles. The van der Waals surface area contributed by atoms with Gasteiger partial charge in [0.25, 0.3) is 5.91 Å². The number of Topliss-reactive ketones (excluding diaryl/α,β-unsaturated/α-hetero) is 1. The largest absolute Gasteiger partial charge is 0.454 e. The second kappa shape index (κ2) is 8.17. The first-order valence-corrected chi connectivity index (χ1v) is 9.13. The van der Waals surface area contributed by atoms with Crippen LogP contribution in [0, 0.1) is 0 Å². The molecular weight excluding hydrogens is 391 g/mol. The smallest absolute Gasteiger partial charge is 0.279 e. The van der Waals surface area contributed by atoms with Gasteiger partial charge in [0.05, 0.1) is 10.7 Å². The SMILES string of the molecule is CC(=O)c1cc2c(cc1NC(=O)C[NH2+][C@@H](C)c1ccc(Cl)cc1Cl)OCO2. The van der Waals surface area contributed by atoms with Gasteiger partial charge < -0.3 is 20.1 Å². The zero-order chi connectivity index (χ0) is 19.6. The molecule has 1 aliphatic rings. The monoisotopic (exact) mass is 409 g/mol. The number of rotatable bonds is 6. The molecule has 0 spiro atoms. The van der Waals surface area contributed by atoms with E-state index in [0.717, 1.165) is 5.56 Å². The number of nitrogens with two attached hydrogens (primary N) is 1. The van der Waals surface area contributed by atoms with Gasteiger partial charge in [0, 0.05) is 22.2 Å². The molecule has 27 heavy (non-hydrogen) atoms. The van der Waals surface area contributed by atoms with E-state index in [0.29, 0.717) is 32.8 Å². The standard InChI is InChI=1S/C19H18Cl2N2O4/c1-10(13-4-3-12(20)5-15(13)21)22-8-19(25)23-16-7-18-17(26-9-27-18)6-14(16)11(2)24/h3-7,10,22H,8-9H2,1-2H3,(H,23,25)/p+1/t10-/m0/s1. The Hall–Kier alpha value is -2.28. The molecule has 0 bridgehead atoms. The van der Waals surface area contributed by atoms with Crippen LogP contribution in [-0.2, 0) is 4.79 Å². The average molecular weight is 410 g/mol. The molecule has 1 aliphatic heterocycles. The van der Waals surface area contributed by atoms with Gasteiger partial charge >= 0.3 is 0 Å². The summed E-state index contributed by atoms with van der Waals surface area (Å²) in [6.07, 6.45) is 0. The van der Waals surface area contributed by atoms with Crippen molar-refractivity contribution < 1.29 is 24.4 Å². The highest BCUT2D eigenvalue weighted by Crippen LogP contribution is 2.37. The number of hydrogen-bond acceptors (Lipinski definition) is 4. The van der Waals surface area contributed by atoms with E-state index in [4.69, 9.17) is 32.7 Å². The van der Waals surface area contributed by atoms with Gasteiger partial charge in [-0.3, -0.25) is 9.59 Å². The van der Waals surface area contributed by atoms with E-state index in [1.54, 1.807) is 24.3 Å². The Bertz CT molecular complexity index is 902. The van der Waals surface area contributed by atoms with Crippen molar-refractivity contribution in [2.24, 2.45) is 0 Å². The van der Waals surface area contributed by atoms with Crippen LogP contribution in [0.15, 0.2) is 30.3 Å².